The molecule has 0 fully saturated rings. The van der Waals surface area contributed by atoms with Crippen molar-refractivity contribution in [3.05, 3.63) is 114 Å². The monoisotopic (exact) mass is 474 g/mol. The highest BCUT2D eigenvalue weighted by Crippen LogP contribution is 2.22. The molecule has 8 heteroatoms. The summed E-state index contributed by atoms with van der Waals surface area (Å²) in [6, 6.07) is 22.2. The van der Waals surface area contributed by atoms with Crippen LogP contribution < -0.4 is 9.62 Å². The Morgan fingerprint density at radius 2 is 1.79 bits per heavy atom. The number of sulfonamides is 1. The van der Waals surface area contributed by atoms with Crippen LogP contribution in [-0.2, 0) is 23.1 Å². The summed E-state index contributed by atoms with van der Waals surface area (Å²) in [6.07, 6.45) is 6.48. The van der Waals surface area contributed by atoms with E-state index in [0.29, 0.717) is 17.8 Å². The maximum atomic E-state index is 12.7. The largest absolute Gasteiger partial charge is 0.348 e. The Kier molecular flexibility index (Phi) is 6.79. The molecule has 174 valence electrons. The summed E-state index contributed by atoms with van der Waals surface area (Å²) in [5, 5.41) is 2.96. The van der Waals surface area contributed by atoms with Crippen molar-refractivity contribution in [2.75, 3.05) is 10.6 Å². The molecule has 0 saturated heterocycles. The molecule has 0 saturated carbocycles. The lowest BCUT2D eigenvalue weighted by Crippen LogP contribution is -2.29. The molecule has 0 atom stereocenters. The standard InChI is InChI=1S/C26H26N4O3S/c1-20-6-5-8-24(16-20)30(34(2,32)33)18-21-10-12-22(13-11-21)26(31)28-17-23-7-3-4-9-25(23)29-15-14-27-19-29/h3-16,19H,17-18H2,1-2H3,(H,28,31). The van der Waals surface area contributed by atoms with Gasteiger partial charge in [0.25, 0.3) is 5.91 Å². The van der Waals surface area contributed by atoms with E-state index in [1.54, 1.807) is 42.9 Å². The summed E-state index contributed by atoms with van der Waals surface area (Å²) in [5.74, 6) is -0.203. The van der Waals surface area contributed by atoms with Crippen LogP contribution >= 0.6 is 0 Å². The molecule has 0 radical (unpaired) electrons. The van der Waals surface area contributed by atoms with E-state index in [2.05, 4.69) is 10.3 Å². The minimum Gasteiger partial charge on any atom is -0.348 e. The third kappa shape index (κ3) is 5.52. The normalized spacial score (nSPS) is 11.2. The Labute approximate surface area is 199 Å². The van der Waals surface area contributed by atoms with Crippen LogP contribution in [0.1, 0.15) is 27.0 Å². The van der Waals surface area contributed by atoms with E-state index in [-0.39, 0.29) is 12.5 Å². The molecular formula is C26H26N4O3S. The van der Waals surface area contributed by atoms with Crippen LogP contribution in [0.4, 0.5) is 5.69 Å². The smallest absolute Gasteiger partial charge is 0.251 e. The topological polar surface area (TPSA) is 84.3 Å². The van der Waals surface area contributed by atoms with Crippen LogP contribution in [0.3, 0.4) is 0 Å². The number of anilines is 1. The zero-order valence-electron chi connectivity index (χ0n) is 19.0. The van der Waals surface area contributed by atoms with E-state index in [1.165, 1.54) is 10.6 Å². The first-order chi connectivity index (χ1) is 16.3. The van der Waals surface area contributed by atoms with Crippen molar-refractivity contribution < 1.29 is 13.2 Å². The van der Waals surface area contributed by atoms with Crippen molar-refractivity contribution in [1.82, 2.24) is 14.9 Å². The summed E-state index contributed by atoms with van der Waals surface area (Å²) in [5.41, 5.74) is 4.80. The van der Waals surface area contributed by atoms with Gasteiger partial charge in [-0.1, -0.05) is 42.5 Å². The van der Waals surface area contributed by atoms with Crippen LogP contribution in [0, 0.1) is 6.92 Å². The van der Waals surface area contributed by atoms with Gasteiger partial charge >= 0.3 is 0 Å². The average molecular weight is 475 g/mol. The third-order valence-electron chi connectivity index (χ3n) is 5.45. The van der Waals surface area contributed by atoms with E-state index in [4.69, 9.17) is 0 Å². The van der Waals surface area contributed by atoms with Crippen LogP contribution in [0.5, 0.6) is 0 Å². The lowest BCUT2D eigenvalue weighted by molar-refractivity contribution is 0.0951. The van der Waals surface area contributed by atoms with Crippen molar-refractivity contribution in [2.24, 2.45) is 0 Å². The lowest BCUT2D eigenvalue weighted by atomic mass is 10.1. The van der Waals surface area contributed by atoms with E-state index >= 15 is 0 Å². The zero-order valence-corrected chi connectivity index (χ0v) is 19.9. The summed E-state index contributed by atoms with van der Waals surface area (Å²) in [7, 11) is -3.47. The first kappa shape index (κ1) is 23.3. The van der Waals surface area contributed by atoms with E-state index in [9.17, 15) is 13.2 Å². The molecule has 0 bridgehead atoms. The third-order valence-corrected chi connectivity index (χ3v) is 6.59. The number of hydrogen-bond donors (Lipinski definition) is 1. The maximum Gasteiger partial charge on any atom is 0.251 e. The highest BCUT2D eigenvalue weighted by atomic mass is 32.2. The molecule has 0 aliphatic heterocycles. The molecule has 34 heavy (non-hydrogen) atoms. The zero-order chi connectivity index (χ0) is 24.1. The fourth-order valence-electron chi connectivity index (χ4n) is 3.70. The second kappa shape index (κ2) is 9.93. The lowest BCUT2D eigenvalue weighted by Gasteiger charge is -2.23. The van der Waals surface area contributed by atoms with Crippen molar-refractivity contribution in [1.29, 1.82) is 0 Å². The Bertz CT molecular complexity index is 1380. The van der Waals surface area contributed by atoms with Gasteiger partial charge in [-0.2, -0.15) is 0 Å². The SMILES string of the molecule is Cc1cccc(N(Cc2ccc(C(=O)NCc3ccccc3-n3ccnc3)cc2)S(C)(=O)=O)c1. The number of aromatic nitrogens is 2. The van der Waals surface area contributed by atoms with Crippen molar-refractivity contribution in [3.8, 4) is 5.69 Å². The number of hydrogen-bond acceptors (Lipinski definition) is 4. The number of amides is 1. The molecule has 4 rings (SSSR count). The van der Waals surface area contributed by atoms with Gasteiger partial charge in [0.1, 0.15) is 0 Å². The molecule has 1 amide bonds. The minimum absolute atomic E-state index is 0.183. The van der Waals surface area contributed by atoms with Gasteiger partial charge in [0.2, 0.25) is 10.0 Å². The van der Waals surface area contributed by atoms with Gasteiger partial charge in [0, 0.05) is 24.5 Å². The Morgan fingerprint density at radius 1 is 1.03 bits per heavy atom. The molecule has 0 aliphatic carbocycles. The van der Waals surface area contributed by atoms with Crippen molar-refractivity contribution in [3.63, 3.8) is 0 Å². The molecular weight excluding hydrogens is 448 g/mol. The van der Waals surface area contributed by atoms with Crippen LogP contribution in [-0.4, -0.2) is 30.1 Å². The molecule has 3 aromatic carbocycles. The van der Waals surface area contributed by atoms with E-state index in [0.717, 1.165) is 22.4 Å². The predicted octanol–water partition coefficient (Wildman–Crippen LogP) is 4.08. The van der Waals surface area contributed by atoms with Gasteiger partial charge in [0.05, 0.1) is 30.5 Å². The highest BCUT2D eigenvalue weighted by Gasteiger charge is 2.18. The van der Waals surface area contributed by atoms with Crippen LogP contribution in [0.2, 0.25) is 0 Å². The molecule has 1 heterocycles. The summed E-state index contributed by atoms with van der Waals surface area (Å²) in [4.78, 5) is 16.8. The first-order valence-corrected chi connectivity index (χ1v) is 12.6. The molecule has 0 spiro atoms. The Morgan fingerprint density at radius 3 is 2.47 bits per heavy atom. The molecule has 7 nitrogen and oxygen atoms in total. The van der Waals surface area contributed by atoms with Crippen molar-refractivity contribution in [2.45, 2.75) is 20.0 Å². The van der Waals surface area contributed by atoms with Crippen LogP contribution in [0.25, 0.3) is 5.69 Å². The number of para-hydroxylation sites is 1. The second-order valence-corrected chi connectivity index (χ2v) is 9.99. The fourth-order valence-corrected chi connectivity index (χ4v) is 4.58. The Hall–Kier alpha value is -3.91. The maximum absolute atomic E-state index is 12.7. The number of rotatable bonds is 8. The summed E-state index contributed by atoms with van der Waals surface area (Å²) in [6.45, 7) is 2.47. The van der Waals surface area contributed by atoms with Gasteiger partial charge in [-0.25, -0.2) is 13.4 Å². The molecule has 0 aliphatic rings. The number of nitrogens with one attached hydrogen (secondary N) is 1. The highest BCUT2D eigenvalue weighted by molar-refractivity contribution is 7.92. The number of imidazole rings is 1. The van der Waals surface area contributed by atoms with Crippen LogP contribution in [0.15, 0.2) is 91.5 Å². The predicted molar refractivity (Wildman–Crippen MR) is 133 cm³/mol. The summed E-state index contributed by atoms with van der Waals surface area (Å²) >= 11 is 0. The van der Waals surface area contributed by atoms with Gasteiger partial charge in [-0.3, -0.25) is 9.10 Å². The molecule has 1 N–H and O–H groups in total. The first-order valence-electron chi connectivity index (χ1n) is 10.8. The van der Waals surface area contributed by atoms with Crippen molar-refractivity contribution >= 4 is 21.6 Å². The quantitative estimate of drug-likeness (QED) is 0.417. The minimum atomic E-state index is -3.47. The number of aryl methyl sites for hydroxylation is 1. The number of benzene rings is 3. The fraction of sp³-hybridized carbons (Fsp3) is 0.154. The molecule has 4 aromatic rings. The second-order valence-electron chi connectivity index (χ2n) is 8.09. The van der Waals surface area contributed by atoms with E-state index < -0.39 is 10.0 Å². The van der Waals surface area contributed by atoms with E-state index in [1.807, 2.05) is 60.2 Å². The Balaban J connectivity index is 1.45. The number of nitrogens with zero attached hydrogens (tertiary/aromatic N) is 3. The number of carbonyl (C=O) groups is 1. The van der Waals surface area contributed by atoms with Gasteiger partial charge < -0.3 is 9.88 Å². The van der Waals surface area contributed by atoms with Gasteiger partial charge in [0.15, 0.2) is 0 Å². The molecule has 0 unspecified atom stereocenters. The van der Waals surface area contributed by atoms with Gasteiger partial charge in [-0.15, -0.1) is 0 Å². The average Bonchev–Trinajstić information content (AvgIpc) is 3.36. The summed E-state index contributed by atoms with van der Waals surface area (Å²) < 4.78 is 28.1. The van der Waals surface area contributed by atoms with Gasteiger partial charge in [-0.05, 0) is 53.9 Å². The number of carbonyl (C=O) groups excluding carboxylic acids is 1. The molecule has 1 aromatic heterocycles.